The lowest BCUT2D eigenvalue weighted by atomic mass is 10.1. The van der Waals surface area contributed by atoms with Gasteiger partial charge in [-0.3, -0.25) is 4.90 Å². The van der Waals surface area contributed by atoms with E-state index >= 15 is 0 Å². The minimum Gasteiger partial charge on any atom is -0.379 e. The molecule has 3 nitrogen and oxygen atoms in total. The highest BCUT2D eigenvalue weighted by Gasteiger charge is 2.11. The largest absolute Gasteiger partial charge is 0.379 e. The van der Waals surface area contributed by atoms with Crippen LogP contribution in [0.4, 0.5) is 0 Å². The molecule has 3 heterocycles. The minimum absolute atomic E-state index is 0.482. The normalized spacial score (nSPS) is 15.4. The van der Waals surface area contributed by atoms with Crippen molar-refractivity contribution < 1.29 is 4.74 Å². The Morgan fingerprint density at radius 3 is 2.68 bits per heavy atom. The smallest absolute Gasteiger partial charge is 0.0998 e. The Balaban J connectivity index is 1.42. The zero-order valence-corrected chi connectivity index (χ0v) is 19.0. The predicted octanol–water partition coefficient (Wildman–Crippen LogP) is 5.84. The van der Waals surface area contributed by atoms with Crippen molar-refractivity contribution >= 4 is 23.1 Å². The molecule has 0 aromatic carbocycles. The Morgan fingerprint density at radius 1 is 1.11 bits per heavy atom. The molecule has 154 valence electrons. The van der Waals surface area contributed by atoms with Gasteiger partial charge >= 0.3 is 0 Å². The van der Waals surface area contributed by atoms with Crippen molar-refractivity contribution in [2.24, 2.45) is 0 Å². The number of aromatic nitrogens is 1. The standard InChI is InChI=1S/C23H34N2OS2/c1-19(2)22-10-9-20(18-21-8-7-17-27-21)23(24-22)28-16-6-4-3-5-11-25-12-14-26-15-13-25/h7-10,17,19H,3-6,11-16,18H2,1-2H3. The first-order valence-electron chi connectivity index (χ1n) is 10.7. The molecule has 0 amide bonds. The van der Waals surface area contributed by atoms with Crippen molar-refractivity contribution in [2.75, 3.05) is 38.6 Å². The first kappa shape index (κ1) is 21.8. The molecule has 0 unspecified atom stereocenters. The fourth-order valence-corrected chi connectivity index (χ4v) is 5.22. The van der Waals surface area contributed by atoms with Crippen molar-refractivity contribution in [1.82, 2.24) is 9.88 Å². The van der Waals surface area contributed by atoms with Gasteiger partial charge in [0.05, 0.1) is 18.2 Å². The van der Waals surface area contributed by atoms with Gasteiger partial charge < -0.3 is 4.74 Å². The Morgan fingerprint density at radius 2 is 1.93 bits per heavy atom. The fourth-order valence-electron chi connectivity index (χ4n) is 3.45. The molecule has 0 atom stereocenters. The topological polar surface area (TPSA) is 25.4 Å². The number of ether oxygens (including phenoxy) is 1. The van der Waals surface area contributed by atoms with E-state index in [4.69, 9.17) is 9.72 Å². The highest BCUT2D eigenvalue weighted by atomic mass is 32.2. The van der Waals surface area contributed by atoms with Crippen molar-refractivity contribution in [3.05, 3.63) is 45.8 Å². The van der Waals surface area contributed by atoms with E-state index in [9.17, 15) is 0 Å². The molecule has 0 aliphatic carbocycles. The number of unbranched alkanes of at least 4 members (excludes halogenated alkanes) is 3. The molecular formula is C23H34N2OS2. The molecule has 28 heavy (non-hydrogen) atoms. The van der Waals surface area contributed by atoms with Gasteiger partial charge in [0.1, 0.15) is 0 Å². The number of thioether (sulfide) groups is 1. The summed E-state index contributed by atoms with van der Waals surface area (Å²) in [7, 11) is 0. The second-order valence-electron chi connectivity index (χ2n) is 7.83. The van der Waals surface area contributed by atoms with Crippen LogP contribution in [0.15, 0.2) is 34.7 Å². The second-order valence-corrected chi connectivity index (χ2v) is 9.94. The van der Waals surface area contributed by atoms with Gasteiger partial charge in [0, 0.05) is 30.1 Å². The van der Waals surface area contributed by atoms with E-state index < -0.39 is 0 Å². The third kappa shape index (κ3) is 7.18. The maximum Gasteiger partial charge on any atom is 0.0998 e. The number of pyridine rings is 1. The van der Waals surface area contributed by atoms with E-state index in [1.807, 2.05) is 23.1 Å². The van der Waals surface area contributed by atoms with E-state index in [0.29, 0.717) is 5.92 Å². The molecule has 3 rings (SSSR count). The summed E-state index contributed by atoms with van der Waals surface area (Å²) in [6.45, 7) is 9.73. The summed E-state index contributed by atoms with van der Waals surface area (Å²) in [6, 6.07) is 8.87. The fraction of sp³-hybridized carbons (Fsp3) is 0.609. The van der Waals surface area contributed by atoms with Crippen molar-refractivity contribution in [2.45, 2.75) is 56.9 Å². The van der Waals surface area contributed by atoms with Crippen LogP contribution in [0.25, 0.3) is 0 Å². The van der Waals surface area contributed by atoms with Crippen LogP contribution in [0.3, 0.4) is 0 Å². The molecule has 5 heteroatoms. The Hall–Kier alpha value is -0.880. The van der Waals surface area contributed by atoms with Crippen LogP contribution in [-0.4, -0.2) is 48.5 Å². The van der Waals surface area contributed by atoms with Gasteiger partial charge in [-0.15, -0.1) is 23.1 Å². The second kappa shape index (κ2) is 12.0. The zero-order chi connectivity index (χ0) is 19.6. The first-order valence-corrected chi connectivity index (χ1v) is 12.5. The van der Waals surface area contributed by atoms with Crippen molar-refractivity contribution in [3.63, 3.8) is 0 Å². The van der Waals surface area contributed by atoms with Crippen molar-refractivity contribution in [3.8, 4) is 0 Å². The molecule has 1 saturated heterocycles. The Kier molecular flexibility index (Phi) is 9.32. The van der Waals surface area contributed by atoms with Gasteiger partial charge in [0.25, 0.3) is 0 Å². The third-order valence-corrected chi connectivity index (χ3v) is 7.20. The lowest BCUT2D eigenvalue weighted by Gasteiger charge is -2.26. The molecule has 0 radical (unpaired) electrons. The summed E-state index contributed by atoms with van der Waals surface area (Å²) in [5.41, 5.74) is 2.59. The molecule has 1 aliphatic rings. The highest BCUT2D eigenvalue weighted by Crippen LogP contribution is 2.27. The molecule has 0 spiro atoms. The van der Waals surface area contributed by atoms with Crippen LogP contribution in [0, 0.1) is 0 Å². The maximum atomic E-state index is 5.42. The lowest BCUT2D eigenvalue weighted by Crippen LogP contribution is -2.36. The van der Waals surface area contributed by atoms with E-state index in [-0.39, 0.29) is 0 Å². The van der Waals surface area contributed by atoms with Gasteiger partial charge in [-0.2, -0.15) is 0 Å². The first-order chi connectivity index (χ1) is 13.7. The monoisotopic (exact) mass is 418 g/mol. The van der Waals surface area contributed by atoms with Gasteiger partial charge in [0.15, 0.2) is 0 Å². The van der Waals surface area contributed by atoms with Crippen LogP contribution in [0.5, 0.6) is 0 Å². The van der Waals surface area contributed by atoms with Crippen LogP contribution >= 0.6 is 23.1 Å². The summed E-state index contributed by atoms with van der Waals surface area (Å²) in [4.78, 5) is 8.96. The summed E-state index contributed by atoms with van der Waals surface area (Å²) < 4.78 is 5.42. The maximum absolute atomic E-state index is 5.42. The number of hydrogen-bond donors (Lipinski definition) is 0. The Bertz CT molecular complexity index is 682. The molecule has 2 aromatic rings. The molecule has 1 aliphatic heterocycles. The molecular weight excluding hydrogens is 384 g/mol. The molecule has 0 bridgehead atoms. The average molecular weight is 419 g/mol. The van der Waals surface area contributed by atoms with Gasteiger partial charge in [-0.25, -0.2) is 4.98 Å². The SMILES string of the molecule is CC(C)c1ccc(Cc2cccs2)c(SCCCCCCN2CCOCC2)n1. The molecule has 0 N–H and O–H groups in total. The van der Waals surface area contributed by atoms with Gasteiger partial charge in [-0.05, 0) is 54.1 Å². The number of hydrogen-bond acceptors (Lipinski definition) is 5. The van der Waals surface area contributed by atoms with Crippen LogP contribution < -0.4 is 0 Å². The number of rotatable bonds is 11. The van der Waals surface area contributed by atoms with Crippen LogP contribution in [0.1, 0.15) is 61.6 Å². The summed E-state index contributed by atoms with van der Waals surface area (Å²) in [5, 5.41) is 3.41. The van der Waals surface area contributed by atoms with E-state index in [1.54, 1.807) is 0 Å². The Labute approximate surface area is 178 Å². The highest BCUT2D eigenvalue weighted by molar-refractivity contribution is 7.99. The summed E-state index contributed by atoms with van der Waals surface area (Å²) in [6.07, 6.45) is 6.25. The van der Waals surface area contributed by atoms with Crippen molar-refractivity contribution in [1.29, 1.82) is 0 Å². The van der Waals surface area contributed by atoms with Gasteiger partial charge in [0.2, 0.25) is 0 Å². The zero-order valence-electron chi connectivity index (χ0n) is 17.4. The molecule has 1 fully saturated rings. The molecule has 2 aromatic heterocycles. The average Bonchev–Trinajstić information content (AvgIpc) is 3.22. The quantitative estimate of drug-likeness (QED) is 0.338. The van der Waals surface area contributed by atoms with Crippen LogP contribution in [0.2, 0.25) is 0 Å². The van der Waals surface area contributed by atoms with E-state index in [2.05, 4.69) is 48.4 Å². The summed E-state index contributed by atoms with van der Waals surface area (Å²) in [5.74, 6) is 1.65. The predicted molar refractivity (Wildman–Crippen MR) is 122 cm³/mol. The number of thiophene rings is 1. The lowest BCUT2D eigenvalue weighted by molar-refractivity contribution is 0.0371. The molecule has 0 saturated carbocycles. The minimum atomic E-state index is 0.482. The summed E-state index contributed by atoms with van der Waals surface area (Å²) >= 11 is 3.79. The third-order valence-electron chi connectivity index (χ3n) is 5.21. The number of morpholine rings is 1. The number of nitrogens with zero attached hydrogens (tertiary/aromatic N) is 2. The van der Waals surface area contributed by atoms with E-state index in [0.717, 1.165) is 32.7 Å². The van der Waals surface area contributed by atoms with Crippen LogP contribution in [-0.2, 0) is 11.2 Å². The van der Waals surface area contributed by atoms with E-state index in [1.165, 1.54) is 59.1 Å². The van der Waals surface area contributed by atoms with Gasteiger partial charge in [-0.1, -0.05) is 38.8 Å².